The van der Waals surface area contributed by atoms with Crippen molar-refractivity contribution in [1.82, 2.24) is 15.1 Å². The third kappa shape index (κ3) is 3.35. The van der Waals surface area contributed by atoms with E-state index in [2.05, 4.69) is 42.1 Å². The summed E-state index contributed by atoms with van der Waals surface area (Å²) >= 11 is 0. The van der Waals surface area contributed by atoms with Gasteiger partial charge in [0.2, 0.25) is 0 Å². The Labute approximate surface area is 111 Å². The van der Waals surface area contributed by atoms with Crippen molar-refractivity contribution in [3.05, 3.63) is 17.5 Å². The minimum atomic E-state index is 0.840. The van der Waals surface area contributed by atoms with Crippen molar-refractivity contribution in [3.8, 4) is 0 Å². The van der Waals surface area contributed by atoms with Gasteiger partial charge in [0.15, 0.2) is 0 Å². The predicted molar refractivity (Wildman–Crippen MR) is 75.6 cm³/mol. The molecule has 1 aromatic rings. The molecule has 0 radical (unpaired) electrons. The molecule has 0 spiro atoms. The van der Waals surface area contributed by atoms with Crippen LogP contribution in [0.5, 0.6) is 0 Å². The van der Waals surface area contributed by atoms with Crippen molar-refractivity contribution in [2.24, 2.45) is 18.9 Å². The number of nitrogens with zero attached hydrogens (tertiary/aromatic N) is 2. The molecule has 102 valence electrons. The van der Waals surface area contributed by atoms with Gasteiger partial charge in [-0.2, -0.15) is 5.10 Å². The maximum absolute atomic E-state index is 4.46. The first kappa shape index (κ1) is 13.6. The highest BCUT2D eigenvalue weighted by molar-refractivity contribution is 5.09. The lowest BCUT2D eigenvalue weighted by Gasteiger charge is -2.31. The largest absolute Gasteiger partial charge is 0.317 e. The minimum absolute atomic E-state index is 0.840. The van der Waals surface area contributed by atoms with Crippen molar-refractivity contribution in [2.75, 3.05) is 13.1 Å². The maximum Gasteiger partial charge on any atom is 0.0596 e. The van der Waals surface area contributed by atoms with Crippen LogP contribution >= 0.6 is 0 Å². The van der Waals surface area contributed by atoms with Crippen molar-refractivity contribution < 1.29 is 0 Å². The summed E-state index contributed by atoms with van der Waals surface area (Å²) in [6.07, 6.45) is 6.81. The molecule has 1 fully saturated rings. The molecular formula is C15H27N3. The molecule has 3 heteroatoms. The molecule has 1 aliphatic rings. The summed E-state index contributed by atoms with van der Waals surface area (Å²) in [4.78, 5) is 0. The zero-order valence-electron chi connectivity index (χ0n) is 12.1. The van der Waals surface area contributed by atoms with E-state index >= 15 is 0 Å². The molecule has 2 rings (SSSR count). The number of hydrogen-bond acceptors (Lipinski definition) is 2. The van der Waals surface area contributed by atoms with Crippen LogP contribution in [0, 0.1) is 18.8 Å². The summed E-state index contributed by atoms with van der Waals surface area (Å²) in [5, 5.41) is 8.00. The number of rotatable bonds is 5. The van der Waals surface area contributed by atoms with Gasteiger partial charge in [0, 0.05) is 12.7 Å². The molecule has 1 aliphatic carbocycles. The van der Waals surface area contributed by atoms with Crippen molar-refractivity contribution in [1.29, 1.82) is 0 Å². The Hall–Kier alpha value is -0.830. The molecule has 18 heavy (non-hydrogen) atoms. The first-order valence-corrected chi connectivity index (χ1v) is 7.41. The van der Waals surface area contributed by atoms with Gasteiger partial charge in [0.05, 0.1) is 5.69 Å². The lowest BCUT2D eigenvalue weighted by atomic mass is 9.77. The third-order valence-corrected chi connectivity index (χ3v) is 4.29. The van der Waals surface area contributed by atoms with Gasteiger partial charge in [-0.3, -0.25) is 4.68 Å². The lowest BCUT2D eigenvalue weighted by Crippen LogP contribution is -2.32. The van der Waals surface area contributed by atoms with Crippen LogP contribution < -0.4 is 5.32 Å². The number of aromatic nitrogens is 2. The van der Waals surface area contributed by atoms with Crippen LogP contribution in [0.15, 0.2) is 6.07 Å². The van der Waals surface area contributed by atoms with E-state index in [0.717, 1.165) is 24.1 Å². The topological polar surface area (TPSA) is 29.9 Å². The zero-order valence-corrected chi connectivity index (χ0v) is 12.1. The predicted octanol–water partition coefficient (Wildman–Crippen LogP) is 2.69. The highest BCUT2D eigenvalue weighted by Gasteiger charge is 2.25. The third-order valence-electron chi connectivity index (χ3n) is 4.29. The molecule has 0 bridgehead atoms. The average Bonchev–Trinajstić information content (AvgIpc) is 2.67. The molecular weight excluding hydrogens is 222 g/mol. The lowest BCUT2D eigenvalue weighted by molar-refractivity contribution is 0.226. The van der Waals surface area contributed by atoms with E-state index in [9.17, 15) is 0 Å². The number of hydrogen-bond donors (Lipinski definition) is 1. The summed E-state index contributed by atoms with van der Waals surface area (Å²) in [5.74, 6) is 1.70. The summed E-state index contributed by atoms with van der Waals surface area (Å²) in [7, 11) is 2.07. The number of aryl methyl sites for hydroxylation is 2. The fourth-order valence-corrected chi connectivity index (χ4v) is 3.28. The second-order valence-electron chi connectivity index (χ2n) is 5.72. The Kier molecular flexibility index (Phi) is 4.81. The monoisotopic (exact) mass is 249 g/mol. The molecule has 0 saturated heterocycles. The molecule has 0 aliphatic heterocycles. The second-order valence-corrected chi connectivity index (χ2v) is 5.72. The fourth-order valence-electron chi connectivity index (χ4n) is 3.28. The van der Waals surface area contributed by atoms with Crippen LogP contribution in [0.25, 0.3) is 0 Å². The Bertz CT molecular complexity index is 370. The van der Waals surface area contributed by atoms with Crippen molar-refractivity contribution in [3.63, 3.8) is 0 Å². The molecule has 1 aromatic heterocycles. The van der Waals surface area contributed by atoms with Gasteiger partial charge < -0.3 is 5.32 Å². The summed E-state index contributed by atoms with van der Waals surface area (Å²) in [6.45, 7) is 6.56. The van der Waals surface area contributed by atoms with Crippen LogP contribution in [0.2, 0.25) is 0 Å². The zero-order chi connectivity index (χ0) is 13.0. The van der Waals surface area contributed by atoms with Crippen molar-refractivity contribution in [2.45, 2.75) is 46.0 Å². The van der Waals surface area contributed by atoms with Crippen LogP contribution in [-0.2, 0) is 13.5 Å². The van der Waals surface area contributed by atoms with Crippen LogP contribution in [0.3, 0.4) is 0 Å². The highest BCUT2D eigenvalue weighted by Crippen LogP contribution is 2.32. The van der Waals surface area contributed by atoms with E-state index in [-0.39, 0.29) is 0 Å². The van der Waals surface area contributed by atoms with E-state index < -0.39 is 0 Å². The SMILES string of the molecule is CCNCC1CCCCC1Cc1cc(C)nn1C. The molecule has 0 amide bonds. The quantitative estimate of drug-likeness (QED) is 0.869. The van der Waals surface area contributed by atoms with Gasteiger partial charge in [-0.25, -0.2) is 0 Å². The fraction of sp³-hybridized carbons (Fsp3) is 0.800. The van der Waals surface area contributed by atoms with Crippen LogP contribution in [0.4, 0.5) is 0 Å². The van der Waals surface area contributed by atoms with Gasteiger partial charge in [0.25, 0.3) is 0 Å². The summed E-state index contributed by atoms with van der Waals surface area (Å²) in [5.41, 5.74) is 2.55. The standard InChI is InChI=1S/C15H27N3/c1-4-16-11-14-8-6-5-7-13(14)10-15-9-12(2)17-18(15)3/h9,13-14,16H,4-8,10-11H2,1-3H3. The van der Waals surface area contributed by atoms with E-state index in [1.54, 1.807) is 0 Å². The smallest absolute Gasteiger partial charge is 0.0596 e. The van der Waals surface area contributed by atoms with Gasteiger partial charge in [-0.15, -0.1) is 0 Å². The molecule has 1 heterocycles. The molecule has 2 atom stereocenters. The van der Waals surface area contributed by atoms with E-state index in [1.807, 2.05) is 0 Å². The van der Waals surface area contributed by atoms with Gasteiger partial charge in [0.1, 0.15) is 0 Å². The minimum Gasteiger partial charge on any atom is -0.317 e. The Morgan fingerprint density at radius 3 is 2.67 bits per heavy atom. The van der Waals surface area contributed by atoms with E-state index in [4.69, 9.17) is 0 Å². The van der Waals surface area contributed by atoms with E-state index in [0.29, 0.717) is 0 Å². The summed E-state index contributed by atoms with van der Waals surface area (Å²) < 4.78 is 2.06. The Balaban J connectivity index is 1.98. The van der Waals surface area contributed by atoms with Crippen LogP contribution in [-0.4, -0.2) is 22.9 Å². The van der Waals surface area contributed by atoms with E-state index in [1.165, 1.54) is 44.3 Å². The maximum atomic E-state index is 4.46. The molecule has 1 saturated carbocycles. The normalized spacial score (nSPS) is 24.4. The number of nitrogens with one attached hydrogen (secondary N) is 1. The van der Waals surface area contributed by atoms with Crippen molar-refractivity contribution >= 4 is 0 Å². The average molecular weight is 249 g/mol. The second kappa shape index (κ2) is 6.37. The molecule has 0 aromatic carbocycles. The summed E-state index contributed by atoms with van der Waals surface area (Å²) in [6, 6.07) is 2.25. The van der Waals surface area contributed by atoms with Gasteiger partial charge in [-0.1, -0.05) is 19.8 Å². The van der Waals surface area contributed by atoms with Gasteiger partial charge >= 0.3 is 0 Å². The first-order chi connectivity index (χ1) is 8.70. The van der Waals surface area contributed by atoms with Gasteiger partial charge in [-0.05, 0) is 57.2 Å². The van der Waals surface area contributed by atoms with Crippen LogP contribution in [0.1, 0.15) is 44.0 Å². The first-order valence-electron chi connectivity index (χ1n) is 7.41. The molecule has 3 nitrogen and oxygen atoms in total. The molecule has 1 N–H and O–H groups in total. The highest BCUT2D eigenvalue weighted by atomic mass is 15.3. The Morgan fingerprint density at radius 2 is 2.06 bits per heavy atom. The Morgan fingerprint density at radius 1 is 1.33 bits per heavy atom. The molecule has 2 unspecified atom stereocenters.